The van der Waals surface area contributed by atoms with Gasteiger partial charge in [-0.25, -0.2) is 15.0 Å². The third-order valence-electron chi connectivity index (χ3n) is 3.55. The van der Waals surface area contributed by atoms with Crippen LogP contribution in [0.15, 0.2) is 24.9 Å². The van der Waals surface area contributed by atoms with Gasteiger partial charge in [0.15, 0.2) is 10.8 Å². The smallest absolute Gasteiger partial charge is 0.234 e. The number of nitrogens with zero attached hydrogens (tertiary/aromatic N) is 5. The third kappa shape index (κ3) is 2.21. The van der Waals surface area contributed by atoms with Gasteiger partial charge in [0.1, 0.15) is 6.33 Å². The van der Waals surface area contributed by atoms with Crippen molar-refractivity contribution in [3.8, 4) is 0 Å². The van der Waals surface area contributed by atoms with E-state index in [1.165, 1.54) is 11.2 Å². The first-order valence-electron chi connectivity index (χ1n) is 6.99. The second-order valence-electron chi connectivity index (χ2n) is 5.17. The lowest BCUT2D eigenvalue weighted by molar-refractivity contribution is -0.118. The van der Waals surface area contributed by atoms with E-state index in [2.05, 4.69) is 20.3 Å². The highest BCUT2D eigenvalue weighted by atomic mass is 32.1. The van der Waals surface area contributed by atoms with Crippen LogP contribution in [0.1, 0.15) is 10.6 Å². The van der Waals surface area contributed by atoms with Crippen LogP contribution < -0.4 is 10.2 Å². The minimum absolute atomic E-state index is 0.00363. The molecule has 4 heterocycles. The Balaban J connectivity index is 1.58. The fourth-order valence-corrected chi connectivity index (χ4v) is 3.44. The first-order chi connectivity index (χ1) is 10.7. The van der Waals surface area contributed by atoms with E-state index in [-0.39, 0.29) is 12.3 Å². The molecular weight excluding hydrogens is 300 g/mol. The quantitative estimate of drug-likeness (QED) is 0.776. The molecule has 0 fully saturated rings. The predicted molar refractivity (Wildman–Crippen MR) is 84.4 cm³/mol. The number of fused-ring (bicyclic) bond motifs is 2. The lowest BCUT2D eigenvalue weighted by Gasteiger charge is -2.28. The van der Waals surface area contributed by atoms with Gasteiger partial charge in [0.2, 0.25) is 5.91 Å². The molecule has 0 saturated carbocycles. The van der Waals surface area contributed by atoms with E-state index in [1.54, 1.807) is 22.4 Å². The minimum atomic E-state index is 0.00363. The minimum Gasteiger partial charge on any atom is -0.379 e. The van der Waals surface area contributed by atoms with Gasteiger partial charge in [-0.05, 0) is 6.92 Å². The number of imidazole rings is 1. The van der Waals surface area contributed by atoms with Crippen LogP contribution in [0.25, 0.3) is 4.96 Å². The number of hydrogen-bond donors (Lipinski definition) is 1. The number of rotatable bonds is 2. The highest BCUT2D eigenvalue weighted by molar-refractivity contribution is 7.16. The van der Waals surface area contributed by atoms with Gasteiger partial charge in [0.05, 0.1) is 24.0 Å². The maximum absolute atomic E-state index is 12.6. The first-order valence-corrected chi connectivity index (χ1v) is 7.80. The molecule has 0 radical (unpaired) electrons. The molecule has 3 aromatic rings. The monoisotopic (exact) mass is 314 g/mol. The highest BCUT2D eigenvalue weighted by Gasteiger charge is 2.24. The summed E-state index contributed by atoms with van der Waals surface area (Å²) in [5.41, 5.74) is 1.58. The molecule has 112 valence electrons. The van der Waals surface area contributed by atoms with Gasteiger partial charge in [-0.2, -0.15) is 0 Å². The normalized spacial score (nSPS) is 14.0. The molecule has 0 saturated heterocycles. The fraction of sp³-hybridized carbons (Fsp3) is 0.286. The maximum atomic E-state index is 12.6. The van der Waals surface area contributed by atoms with Gasteiger partial charge in [0, 0.05) is 30.4 Å². The first kappa shape index (κ1) is 13.2. The molecule has 1 aliphatic rings. The van der Waals surface area contributed by atoms with Crippen LogP contribution in [0.5, 0.6) is 0 Å². The number of carbonyl (C=O) groups is 1. The Hall–Kier alpha value is -2.48. The molecule has 0 aromatic carbocycles. The predicted octanol–water partition coefficient (Wildman–Crippen LogP) is 1.50. The van der Waals surface area contributed by atoms with Crippen LogP contribution in [0.4, 0.5) is 11.5 Å². The zero-order chi connectivity index (χ0) is 15.1. The van der Waals surface area contributed by atoms with Gasteiger partial charge >= 0.3 is 0 Å². The number of aryl methyl sites for hydroxylation is 1. The Morgan fingerprint density at radius 2 is 2.36 bits per heavy atom. The highest BCUT2D eigenvalue weighted by Crippen LogP contribution is 2.25. The van der Waals surface area contributed by atoms with Crippen molar-refractivity contribution in [2.24, 2.45) is 0 Å². The van der Waals surface area contributed by atoms with Crippen LogP contribution in [0, 0.1) is 6.92 Å². The van der Waals surface area contributed by atoms with E-state index in [9.17, 15) is 4.79 Å². The fourth-order valence-electron chi connectivity index (χ4n) is 2.61. The van der Waals surface area contributed by atoms with E-state index in [1.807, 2.05) is 23.7 Å². The van der Waals surface area contributed by atoms with Crippen molar-refractivity contribution >= 4 is 33.7 Å². The second-order valence-corrected chi connectivity index (χ2v) is 6.39. The van der Waals surface area contributed by atoms with Crippen LogP contribution >= 0.6 is 11.3 Å². The van der Waals surface area contributed by atoms with E-state index in [0.717, 1.165) is 16.3 Å². The number of hydrogen-bond acceptors (Lipinski definition) is 6. The Labute approximate surface area is 130 Å². The van der Waals surface area contributed by atoms with Crippen LogP contribution in [0.3, 0.4) is 0 Å². The maximum Gasteiger partial charge on any atom is 0.234 e. The lowest BCUT2D eigenvalue weighted by Crippen LogP contribution is -2.40. The summed E-state index contributed by atoms with van der Waals surface area (Å²) in [4.78, 5) is 29.1. The molecule has 7 nitrogen and oxygen atoms in total. The Kier molecular flexibility index (Phi) is 3.04. The van der Waals surface area contributed by atoms with E-state index in [4.69, 9.17) is 0 Å². The molecule has 1 aliphatic heterocycles. The van der Waals surface area contributed by atoms with Crippen LogP contribution in [0.2, 0.25) is 0 Å². The van der Waals surface area contributed by atoms with Gasteiger partial charge < -0.3 is 5.32 Å². The van der Waals surface area contributed by atoms with Gasteiger partial charge in [-0.1, -0.05) is 0 Å². The lowest BCUT2D eigenvalue weighted by atomic mass is 10.2. The van der Waals surface area contributed by atoms with Crippen molar-refractivity contribution in [2.45, 2.75) is 13.3 Å². The van der Waals surface area contributed by atoms with Crippen LogP contribution in [-0.4, -0.2) is 38.3 Å². The van der Waals surface area contributed by atoms with Crippen molar-refractivity contribution in [2.75, 3.05) is 23.3 Å². The van der Waals surface area contributed by atoms with Crippen LogP contribution in [-0.2, 0) is 11.2 Å². The Morgan fingerprint density at radius 3 is 3.23 bits per heavy atom. The van der Waals surface area contributed by atoms with Crippen molar-refractivity contribution in [1.29, 1.82) is 0 Å². The van der Waals surface area contributed by atoms with Gasteiger partial charge in [-0.3, -0.25) is 14.1 Å². The second kappa shape index (κ2) is 5.06. The summed E-state index contributed by atoms with van der Waals surface area (Å²) < 4.78 is 1.97. The topological polar surface area (TPSA) is 75.4 Å². The molecule has 1 amide bonds. The summed E-state index contributed by atoms with van der Waals surface area (Å²) in [7, 11) is 0. The zero-order valence-electron chi connectivity index (χ0n) is 12.0. The molecule has 22 heavy (non-hydrogen) atoms. The SMILES string of the molecule is Cc1cn2cc(CC(=O)N3CCNc4cncnc43)nc2s1. The van der Waals surface area contributed by atoms with Crippen molar-refractivity contribution < 1.29 is 4.79 Å². The molecule has 0 bridgehead atoms. The standard InChI is InChI=1S/C14H14N6OS/c1-9-6-19-7-10(18-14(19)22-9)4-12(21)20-3-2-16-11-5-15-8-17-13(11)20/h5-8,16H,2-4H2,1H3. The average Bonchev–Trinajstić information content (AvgIpc) is 3.03. The molecule has 8 heteroatoms. The third-order valence-corrected chi connectivity index (χ3v) is 4.46. The molecule has 0 spiro atoms. The summed E-state index contributed by atoms with van der Waals surface area (Å²) in [6.45, 7) is 3.34. The zero-order valence-corrected chi connectivity index (χ0v) is 12.8. The van der Waals surface area contributed by atoms with Crippen molar-refractivity contribution in [3.05, 3.63) is 35.5 Å². The number of amides is 1. The van der Waals surface area contributed by atoms with E-state index < -0.39 is 0 Å². The summed E-state index contributed by atoms with van der Waals surface area (Å²) >= 11 is 1.62. The Morgan fingerprint density at radius 1 is 1.45 bits per heavy atom. The van der Waals surface area contributed by atoms with E-state index >= 15 is 0 Å². The molecule has 0 atom stereocenters. The Bertz CT molecular complexity index is 823. The summed E-state index contributed by atoms with van der Waals surface area (Å²) in [5.74, 6) is 0.645. The largest absolute Gasteiger partial charge is 0.379 e. The van der Waals surface area contributed by atoms with Gasteiger partial charge in [-0.15, -0.1) is 11.3 Å². The molecule has 0 aliphatic carbocycles. The van der Waals surface area contributed by atoms with Crippen molar-refractivity contribution in [3.63, 3.8) is 0 Å². The molecule has 4 rings (SSSR count). The molecule has 3 aromatic heterocycles. The van der Waals surface area contributed by atoms with Gasteiger partial charge in [0.25, 0.3) is 0 Å². The number of anilines is 2. The molecule has 0 unspecified atom stereocenters. The summed E-state index contributed by atoms with van der Waals surface area (Å²) in [6, 6.07) is 0. The summed E-state index contributed by atoms with van der Waals surface area (Å²) in [5, 5.41) is 3.20. The number of aromatic nitrogens is 4. The van der Waals surface area contributed by atoms with E-state index in [0.29, 0.717) is 18.9 Å². The number of nitrogens with one attached hydrogen (secondary N) is 1. The number of thiazole rings is 1. The van der Waals surface area contributed by atoms with Crippen molar-refractivity contribution in [1.82, 2.24) is 19.4 Å². The average molecular weight is 314 g/mol. The summed E-state index contributed by atoms with van der Waals surface area (Å²) in [6.07, 6.45) is 7.36. The molecule has 1 N–H and O–H groups in total. The number of carbonyl (C=O) groups excluding carboxylic acids is 1. The molecular formula is C14H14N6OS.